The van der Waals surface area contributed by atoms with E-state index in [1.54, 1.807) is 7.11 Å². The molecule has 5 nitrogen and oxygen atoms in total. The van der Waals surface area contributed by atoms with Crippen molar-refractivity contribution in [1.29, 1.82) is 0 Å². The number of rotatable bonds is 3. The number of benzene rings is 1. The number of carbonyl (C=O) groups excluding carboxylic acids is 1. The summed E-state index contributed by atoms with van der Waals surface area (Å²) in [7, 11) is 1.63. The molecular formula is C15H17N3O2S. The zero-order chi connectivity index (χ0) is 14.8. The molecule has 21 heavy (non-hydrogen) atoms. The van der Waals surface area contributed by atoms with Crippen molar-refractivity contribution in [3.8, 4) is 5.75 Å². The smallest absolute Gasteiger partial charge is 0.275 e. The summed E-state index contributed by atoms with van der Waals surface area (Å²) in [6.45, 7) is 2.86. The second kappa shape index (κ2) is 5.81. The first kappa shape index (κ1) is 14.0. The fourth-order valence-corrected chi connectivity index (χ4v) is 3.17. The Balaban J connectivity index is 1.78. The SMILES string of the molecule is COc1ccc(NC(=O)c2cn3c(n2)CSCC3)c(C)c1. The van der Waals surface area contributed by atoms with E-state index in [1.807, 2.05) is 43.1 Å². The Kier molecular flexibility index (Phi) is 3.88. The predicted octanol–water partition coefficient (Wildman–Crippen LogP) is 2.70. The quantitative estimate of drug-likeness (QED) is 0.947. The largest absolute Gasteiger partial charge is 0.497 e. The highest BCUT2D eigenvalue weighted by atomic mass is 32.2. The van der Waals surface area contributed by atoms with E-state index in [0.717, 1.165) is 40.9 Å². The van der Waals surface area contributed by atoms with Crippen LogP contribution >= 0.6 is 11.8 Å². The first-order valence-corrected chi connectivity index (χ1v) is 7.92. The van der Waals surface area contributed by atoms with Crippen LogP contribution in [0.5, 0.6) is 5.75 Å². The molecule has 2 heterocycles. The molecule has 6 heteroatoms. The molecule has 0 aliphatic carbocycles. The fourth-order valence-electron chi connectivity index (χ4n) is 2.29. The number of hydrogen-bond donors (Lipinski definition) is 1. The molecule has 1 aliphatic heterocycles. The van der Waals surface area contributed by atoms with E-state index < -0.39 is 0 Å². The van der Waals surface area contributed by atoms with Crippen LogP contribution in [0.2, 0.25) is 0 Å². The van der Waals surface area contributed by atoms with E-state index in [9.17, 15) is 4.79 Å². The lowest BCUT2D eigenvalue weighted by Gasteiger charge is -2.11. The molecule has 1 amide bonds. The number of ether oxygens (including phenoxy) is 1. The lowest BCUT2D eigenvalue weighted by Crippen LogP contribution is -2.13. The number of anilines is 1. The topological polar surface area (TPSA) is 56.1 Å². The minimum atomic E-state index is -0.171. The van der Waals surface area contributed by atoms with E-state index >= 15 is 0 Å². The van der Waals surface area contributed by atoms with E-state index in [4.69, 9.17) is 4.74 Å². The summed E-state index contributed by atoms with van der Waals surface area (Å²) in [4.78, 5) is 16.7. The first-order valence-electron chi connectivity index (χ1n) is 6.77. The Bertz CT molecular complexity index is 658. The van der Waals surface area contributed by atoms with Gasteiger partial charge >= 0.3 is 0 Å². The molecule has 0 fully saturated rings. The molecule has 0 spiro atoms. The van der Waals surface area contributed by atoms with Crippen molar-refractivity contribution in [3.05, 3.63) is 41.5 Å². The van der Waals surface area contributed by atoms with Gasteiger partial charge in [0.25, 0.3) is 5.91 Å². The first-order chi connectivity index (χ1) is 10.2. The molecule has 0 atom stereocenters. The highest BCUT2D eigenvalue weighted by Crippen LogP contribution is 2.22. The van der Waals surface area contributed by atoms with Crippen LogP contribution in [0.25, 0.3) is 0 Å². The maximum absolute atomic E-state index is 12.3. The molecule has 3 rings (SSSR count). The zero-order valence-corrected chi connectivity index (χ0v) is 12.9. The monoisotopic (exact) mass is 303 g/mol. The van der Waals surface area contributed by atoms with E-state index in [2.05, 4.69) is 14.9 Å². The molecule has 110 valence electrons. The fraction of sp³-hybridized carbons (Fsp3) is 0.333. The van der Waals surface area contributed by atoms with Gasteiger partial charge in [-0.05, 0) is 30.7 Å². The van der Waals surface area contributed by atoms with Crippen LogP contribution in [-0.4, -0.2) is 28.3 Å². The van der Waals surface area contributed by atoms with E-state index in [-0.39, 0.29) is 5.91 Å². The van der Waals surface area contributed by atoms with Gasteiger partial charge in [-0.1, -0.05) is 0 Å². The van der Waals surface area contributed by atoms with Crippen molar-refractivity contribution in [2.75, 3.05) is 18.2 Å². The van der Waals surface area contributed by atoms with Gasteiger partial charge in [0.05, 0.1) is 12.9 Å². The van der Waals surface area contributed by atoms with Crippen LogP contribution < -0.4 is 10.1 Å². The van der Waals surface area contributed by atoms with E-state index in [1.165, 1.54) is 0 Å². The van der Waals surface area contributed by atoms with Gasteiger partial charge in [0, 0.05) is 24.2 Å². The van der Waals surface area contributed by atoms with Crippen molar-refractivity contribution in [2.45, 2.75) is 19.2 Å². The second-order valence-corrected chi connectivity index (χ2v) is 6.03. The van der Waals surface area contributed by atoms with Gasteiger partial charge in [-0.2, -0.15) is 11.8 Å². The van der Waals surface area contributed by atoms with Crippen LogP contribution in [0.15, 0.2) is 24.4 Å². The molecule has 0 bridgehead atoms. The Labute approximate surface area is 127 Å². The Morgan fingerprint density at radius 3 is 3.05 bits per heavy atom. The van der Waals surface area contributed by atoms with Gasteiger partial charge in [0.15, 0.2) is 0 Å². The van der Waals surface area contributed by atoms with Gasteiger partial charge in [-0.3, -0.25) is 4.79 Å². The van der Waals surface area contributed by atoms with Crippen molar-refractivity contribution in [2.24, 2.45) is 0 Å². The summed E-state index contributed by atoms with van der Waals surface area (Å²) < 4.78 is 7.23. The summed E-state index contributed by atoms with van der Waals surface area (Å²) in [5.41, 5.74) is 2.21. The number of imidazole rings is 1. The number of carbonyl (C=O) groups is 1. The molecular weight excluding hydrogens is 286 g/mol. The summed E-state index contributed by atoms with van der Waals surface area (Å²) in [6, 6.07) is 5.57. The standard InChI is InChI=1S/C15H17N3O2S/c1-10-7-11(20-2)3-4-12(10)17-15(19)13-8-18-5-6-21-9-14(18)16-13/h3-4,7-8H,5-6,9H2,1-2H3,(H,17,19). The Morgan fingerprint density at radius 2 is 2.33 bits per heavy atom. The number of aromatic nitrogens is 2. The Morgan fingerprint density at radius 1 is 1.48 bits per heavy atom. The summed E-state index contributed by atoms with van der Waals surface area (Å²) in [6.07, 6.45) is 1.84. The highest BCUT2D eigenvalue weighted by Gasteiger charge is 2.17. The summed E-state index contributed by atoms with van der Waals surface area (Å²) >= 11 is 1.84. The van der Waals surface area contributed by atoms with Crippen molar-refractivity contribution < 1.29 is 9.53 Å². The molecule has 0 saturated carbocycles. The number of amides is 1. The minimum absolute atomic E-state index is 0.171. The van der Waals surface area contributed by atoms with Crippen molar-refractivity contribution >= 4 is 23.4 Å². The third kappa shape index (κ3) is 2.90. The summed E-state index contributed by atoms with van der Waals surface area (Å²) in [5, 5.41) is 2.91. The van der Waals surface area contributed by atoms with E-state index in [0.29, 0.717) is 5.69 Å². The number of fused-ring (bicyclic) bond motifs is 1. The third-order valence-corrected chi connectivity index (χ3v) is 4.41. The molecule has 0 unspecified atom stereocenters. The number of nitrogens with zero attached hydrogens (tertiary/aromatic N) is 2. The maximum atomic E-state index is 12.3. The average molecular weight is 303 g/mol. The second-order valence-electron chi connectivity index (χ2n) is 4.92. The molecule has 1 aromatic heterocycles. The molecule has 0 radical (unpaired) electrons. The van der Waals surface area contributed by atoms with Crippen molar-refractivity contribution in [1.82, 2.24) is 9.55 Å². The van der Waals surface area contributed by atoms with Crippen LogP contribution in [0, 0.1) is 6.92 Å². The van der Waals surface area contributed by atoms with Crippen LogP contribution in [0.3, 0.4) is 0 Å². The van der Waals surface area contributed by atoms with Gasteiger partial charge in [-0.15, -0.1) is 0 Å². The normalized spacial score (nSPS) is 13.6. The number of hydrogen-bond acceptors (Lipinski definition) is 4. The van der Waals surface area contributed by atoms with Gasteiger partial charge in [-0.25, -0.2) is 4.98 Å². The lowest BCUT2D eigenvalue weighted by molar-refractivity contribution is 0.102. The highest BCUT2D eigenvalue weighted by molar-refractivity contribution is 7.98. The molecule has 2 aromatic rings. The molecule has 1 aromatic carbocycles. The van der Waals surface area contributed by atoms with Gasteiger partial charge in [0.2, 0.25) is 0 Å². The minimum Gasteiger partial charge on any atom is -0.497 e. The maximum Gasteiger partial charge on any atom is 0.275 e. The molecule has 0 saturated heterocycles. The van der Waals surface area contributed by atoms with Gasteiger partial charge in [0.1, 0.15) is 17.3 Å². The molecule has 1 N–H and O–H groups in total. The number of methoxy groups -OCH3 is 1. The lowest BCUT2D eigenvalue weighted by atomic mass is 10.2. The van der Waals surface area contributed by atoms with Crippen molar-refractivity contribution in [3.63, 3.8) is 0 Å². The average Bonchev–Trinajstić information content (AvgIpc) is 2.93. The zero-order valence-electron chi connectivity index (χ0n) is 12.0. The third-order valence-electron chi connectivity index (χ3n) is 3.48. The molecule has 1 aliphatic rings. The van der Waals surface area contributed by atoms with Crippen LogP contribution in [-0.2, 0) is 12.3 Å². The number of aryl methyl sites for hydroxylation is 2. The Hall–Kier alpha value is -1.95. The number of nitrogens with one attached hydrogen (secondary N) is 1. The predicted molar refractivity (Wildman–Crippen MR) is 84.1 cm³/mol. The van der Waals surface area contributed by atoms with Crippen LogP contribution in [0.1, 0.15) is 21.9 Å². The number of thioether (sulfide) groups is 1. The van der Waals surface area contributed by atoms with Crippen LogP contribution in [0.4, 0.5) is 5.69 Å². The summed E-state index contributed by atoms with van der Waals surface area (Å²) in [5.74, 6) is 3.52. The van der Waals surface area contributed by atoms with Gasteiger partial charge < -0.3 is 14.6 Å².